The highest BCUT2D eigenvalue weighted by Crippen LogP contribution is 2.15. The van der Waals surface area contributed by atoms with Gasteiger partial charge in [-0.1, -0.05) is 84.0 Å². The zero-order valence-electron chi connectivity index (χ0n) is 15.3. The van der Waals surface area contributed by atoms with Gasteiger partial charge in [-0.2, -0.15) is 0 Å². The second kappa shape index (κ2) is 13.5. The zero-order chi connectivity index (χ0) is 17.6. The zero-order valence-corrected chi connectivity index (χ0v) is 15.3. The van der Waals surface area contributed by atoms with Crippen LogP contribution in [0, 0.1) is 0 Å². The lowest BCUT2D eigenvalue weighted by Gasteiger charge is -2.21. The molecule has 5 nitrogen and oxygen atoms in total. The highest BCUT2D eigenvalue weighted by molar-refractivity contribution is 5.69. The Bertz CT molecular complexity index is 324. The van der Waals surface area contributed by atoms with E-state index in [1.807, 2.05) is 0 Å². The summed E-state index contributed by atoms with van der Waals surface area (Å²) in [5, 5.41) is 22.4. The fourth-order valence-electron chi connectivity index (χ4n) is 3.22. The first-order valence-corrected chi connectivity index (χ1v) is 9.94. The third-order valence-corrected chi connectivity index (χ3v) is 4.86. The molecule has 5 heteroatoms. The van der Waals surface area contributed by atoms with Crippen molar-refractivity contribution in [3.63, 3.8) is 0 Å². The third kappa shape index (κ3) is 9.48. The van der Waals surface area contributed by atoms with Crippen molar-refractivity contribution in [2.24, 2.45) is 0 Å². The van der Waals surface area contributed by atoms with Crippen molar-refractivity contribution in [2.45, 2.75) is 109 Å². The Morgan fingerprint density at radius 1 is 0.958 bits per heavy atom. The number of ether oxygens (including phenoxy) is 1. The number of nitrogens with one attached hydrogen (secondary N) is 1. The summed E-state index contributed by atoms with van der Waals surface area (Å²) < 4.78 is 4.73. The van der Waals surface area contributed by atoms with Crippen LogP contribution < -0.4 is 5.32 Å². The Balaban J connectivity index is 1.86. The van der Waals surface area contributed by atoms with Crippen LogP contribution in [0.15, 0.2) is 0 Å². The van der Waals surface area contributed by atoms with Gasteiger partial charge in [-0.25, -0.2) is 4.79 Å². The maximum absolute atomic E-state index is 10.9. The van der Waals surface area contributed by atoms with E-state index in [4.69, 9.17) is 4.74 Å². The van der Waals surface area contributed by atoms with Gasteiger partial charge in [-0.15, -0.1) is 0 Å². The van der Waals surface area contributed by atoms with Gasteiger partial charge in [0.25, 0.3) is 0 Å². The van der Waals surface area contributed by atoms with Gasteiger partial charge >= 0.3 is 6.09 Å². The lowest BCUT2D eigenvalue weighted by Crippen LogP contribution is -2.45. The Hall–Kier alpha value is -0.810. The first-order chi connectivity index (χ1) is 11.6. The van der Waals surface area contributed by atoms with E-state index in [9.17, 15) is 15.0 Å². The molecule has 3 unspecified atom stereocenters. The van der Waals surface area contributed by atoms with E-state index >= 15 is 0 Å². The summed E-state index contributed by atoms with van der Waals surface area (Å²) >= 11 is 0. The number of unbranched alkanes of at least 4 members (excludes halogenated alkanes) is 11. The van der Waals surface area contributed by atoms with Gasteiger partial charge < -0.3 is 20.3 Å². The quantitative estimate of drug-likeness (QED) is 0.394. The van der Waals surface area contributed by atoms with Crippen LogP contribution in [0.1, 0.15) is 90.4 Å². The Kier molecular flexibility index (Phi) is 11.9. The first kappa shape index (κ1) is 21.2. The molecule has 0 spiro atoms. The maximum Gasteiger partial charge on any atom is 0.407 e. The van der Waals surface area contributed by atoms with Gasteiger partial charge in [0.05, 0.1) is 12.1 Å². The molecule has 1 heterocycles. The highest BCUT2D eigenvalue weighted by Gasteiger charge is 2.32. The van der Waals surface area contributed by atoms with Crippen LogP contribution >= 0.6 is 0 Å². The molecule has 1 rings (SSSR count). The lowest BCUT2D eigenvalue weighted by molar-refractivity contribution is -0.00720. The molecule has 3 atom stereocenters. The van der Waals surface area contributed by atoms with E-state index in [0.717, 1.165) is 12.8 Å². The normalized spacial score (nSPS) is 19.8. The number of carbonyl (C=O) groups excluding carboxylic acids is 1. The molecule has 0 bridgehead atoms. The van der Waals surface area contributed by atoms with E-state index in [2.05, 4.69) is 12.2 Å². The molecule has 0 aliphatic carbocycles. The molecule has 0 aromatic carbocycles. The first-order valence-electron chi connectivity index (χ1n) is 9.94. The van der Waals surface area contributed by atoms with E-state index in [0.29, 0.717) is 6.42 Å². The molecule has 1 aliphatic heterocycles. The molecule has 0 radical (unpaired) electrons. The molecule has 24 heavy (non-hydrogen) atoms. The largest absolute Gasteiger partial charge is 0.447 e. The van der Waals surface area contributed by atoms with Gasteiger partial charge in [0, 0.05) is 0 Å². The van der Waals surface area contributed by atoms with Crippen LogP contribution in [0.2, 0.25) is 0 Å². The molecule has 0 aromatic rings. The van der Waals surface area contributed by atoms with Gasteiger partial charge in [0.2, 0.25) is 0 Å². The van der Waals surface area contributed by atoms with Gasteiger partial charge in [-0.3, -0.25) is 0 Å². The van der Waals surface area contributed by atoms with Crippen molar-refractivity contribution in [2.75, 3.05) is 6.61 Å². The van der Waals surface area contributed by atoms with Crippen LogP contribution in [-0.4, -0.2) is 41.2 Å². The summed E-state index contributed by atoms with van der Waals surface area (Å²) in [5.74, 6) is 0. The van der Waals surface area contributed by atoms with Crippen molar-refractivity contribution in [3.8, 4) is 0 Å². The minimum atomic E-state index is -0.941. The number of carbonyl (C=O) groups is 1. The molecule has 1 saturated heterocycles. The van der Waals surface area contributed by atoms with Crippen molar-refractivity contribution < 1.29 is 19.7 Å². The third-order valence-electron chi connectivity index (χ3n) is 4.86. The van der Waals surface area contributed by atoms with Crippen LogP contribution in [0.3, 0.4) is 0 Å². The Labute approximate surface area is 147 Å². The van der Waals surface area contributed by atoms with E-state index < -0.39 is 24.3 Å². The van der Waals surface area contributed by atoms with Crippen LogP contribution in [0.25, 0.3) is 0 Å². The van der Waals surface area contributed by atoms with Crippen molar-refractivity contribution in [1.29, 1.82) is 0 Å². The SMILES string of the molecule is CCCCCCCCCCCCCCC(O)C(O)C1COC(=O)N1. The minimum Gasteiger partial charge on any atom is -0.447 e. The number of cyclic esters (lactones) is 1. The van der Waals surface area contributed by atoms with E-state index in [1.54, 1.807) is 0 Å². The van der Waals surface area contributed by atoms with Gasteiger partial charge in [0.1, 0.15) is 12.7 Å². The second-order valence-corrected chi connectivity index (χ2v) is 7.08. The second-order valence-electron chi connectivity index (χ2n) is 7.08. The van der Waals surface area contributed by atoms with E-state index in [-0.39, 0.29) is 6.61 Å². The molecule has 1 amide bonds. The number of rotatable bonds is 15. The Morgan fingerprint density at radius 3 is 1.92 bits per heavy atom. The number of hydrogen-bond donors (Lipinski definition) is 3. The number of alkyl carbamates (subject to hydrolysis) is 1. The standard InChI is InChI=1S/C19H37NO4/c1-2-3-4-5-6-7-8-9-10-11-12-13-14-17(21)18(22)16-15-24-19(23)20-16/h16-18,21-22H,2-15H2,1H3,(H,20,23). The molecule has 1 aliphatic rings. The monoisotopic (exact) mass is 343 g/mol. The lowest BCUT2D eigenvalue weighted by atomic mass is 10.00. The fraction of sp³-hybridized carbons (Fsp3) is 0.947. The average Bonchev–Trinajstić information content (AvgIpc) is 3.01. The number of aliphatic hydroxyl groups is 2. The van der Waals surface area contributed by atoms with Crippen LogP contribution in [0.4, 0.5) is 4.79 Å². The number of amides is 1. The molecule has 142 valence electrons. The summed E-state index contributed by atoms with van der Waals surface area (Å²) in [7, 11) is 0. The number of hydrogen-bond acceptors (Lipinski definition) is 4. The van der Waals surface area contributed by atoms with Crippen molar-refractivity contribution in [1.82, 2.24) is 5.32 Å². The maximum atomic E-state index is 10.9. The molecular weight excluding hydrogens is 306 g/mol. The molecule has 0 aromatic heterocycles. The molecule has 3 N–H and O–H groups in total. The summed E-state index contributed by atoms with van der Waals surface area (Å²) in [6, 6.07) is -0.482. The fourth-order valence-corrected chi connectivity index (χ4v) is 3.22. The molecule has 1 fully saturated rings. The average molecular weight is 344 g/mol. The van der Waals surface area contributed by atoms with Gasteiger partial charge in [-0.05, 0) is 6.42 Å². The van der Waals surface area contributed by atoms with Gasteiger partial charge in [0.15, 0.2) is 0 Å². The highest BCUT2D eigenvalue weighted by atomic mass is 16.6. The molecular formula is C19H37NO4. The van der Waals surface area contributed by atoms with Crippen molar-refractivity contribution >= 4 is 6.09 Å². The van der Waals surface area contributed by atoms with Crippen molar-refractivity contribution in [3.05, 3.63) is 0 Å². The summed E-state index contributed by atoms with van der Waals surface area (Å²) in [4.78, 5) is 10.9. The summed E-state index contributed by atoms with van der Waals surface area (Å²) in [6.07, 6.45) is 13.7. The van der Waals surface area contributed by atoms with E-state index in [1.165, 1.54) is 64.2 Å². The summed E-state index contributed by atoms with van der Waals surface area (Å²) in [5.41, 5.74) is 0. The predicted octanol–water partition coefficient (Wildman–Crippen LogP) is 3.91. The number of aliphatic hydroxyl groups excluding tert-OH is 2. The van der Waals surface area contributed by atoms with Crippen LogP contribution in [0.5, 0.6) is 0 Å². The van der Waals surface area contributed by atoms with Crippen LogP contribution in [-0.2, 0) is 4.74 Å². The minimum absolute atomic E-state index is 0.134. The topological polar surface area (TPSA) is 78.8 Å². The predicted molar refractivity (Wildman–Crippen MR) is 96.0 cm³/mol. The Morgan fingerprint density at radius 2 is 1.46 bits per heavy atom. The summed E-state index contributed by atoms with van der Waals surface area (Å²) in [6.45, 7) is 2.39. The smallest absolute Gasteiger partial charge is 0.407 e. The molecule has 0 saturated carbocycles.